The molecule has 0 aromatic carbocycles. The maximum absolute atomic E-state index is 12.9. The molecule has 1 saturated heterocycles. The minimum Gasteiger partial charge on any atom is -0.444 e. The van der Waals surface area contributed by atoms with Gasteiger partial charge in [-0.05, 0) is 63.5 Å². The number of rotatable bonds is 3. The molecule has 152 valence electrons. The van der Waals surface area contributed by atoms with E-state index in [4.69, 9.17) is 4.74 Å². The molecule has 7 heteroatoms. The Morgan fingerprint density at radius 3 is 2.26 bits per heavy atom. The lowest BCUT2D eigenvalue weighted by molar-refractivity contribution is -0.141. The highest BCUT2D eigenvalue weighted by Crippen LogP contribution is 2.38. The largest absolute Gasteiger partial charge is 0.444 e. The van der Waals surface area contributed by atoms with Gasteiger partial charge in [0.1, 0.15) is 11.3 Å². The highest BCUT2D eigenvalue weighted by Gasteiger charge is 2.36. The summed E-state index contributed by atoms with van der Waals surface area (Å²) in [7, 11) is 0. The third-order valence-corrected chi connectivity index (χ3v) is 4.99. The molecule has 1 aromatic rings. The van der Waals surface area contributed by atoms with Crippen molar-refractivity contribution >= 4 is 6.09 Å². The minimum absolute atomic E-state index is 0.211. The Morgan fingerprint density at radius 2 is 1.74 bits per heavy atom. The highest BCUT2D eigenvalue weighted by atomic mass is 19.4. The number of hydrogen-bond acceptors (Lipinski definition) is 3. The van der Waals surface area contributed by atoms with Crippen molar-refractivity contribution in [3.8, 4) is 0 Å². The van der Waals surface area contributed by atoms with Crippen molar-refractivity contribution in [2.75, 3.05) is 13.1 Å². The van der Waals surface area contributed by atoms with Crippen LogP contribution in [0, 0.1) is 11.3 Å². The summed E-state index contributed by atoms with van der Waals surface area (Å²) in [4.78, 5) is 17.7. The Morgan fingerprint density at radius 1 is 1.15 bits per heavy atom. The first-order valence-electron chi connectivity index (χ1n) is 9.29. The van der Waals surface area contributed by atoms with Crippen molar-refractivity contribution in [3.63, 3.8) is 0 Å². The minimum atomic E-state index is -4.43. The van der Waals surface area contributed by atoms with Crippen LogP contribution in [0.15, 0.2) is 18.2 Å². The molecule has 0 atom stereocenters. The second kappa shape index (κ2) is 7.68. The predicted octanol–water partition coefficient (Wildman–Crippen LogP) is 5.32. The molecule has 1 amide bonds. The summed E-state index contributed by atoms with van der Waals surface area (Å²) in [5, 5.41) is 0. The summed E-state index contributed by atoms with van der Waals surface area (Å²) in [5.41, 5.74) is -1.14. The van der Waals surface area contributed by atoms with Crippen LogP contribution in [0.2, 0.25) is 0 Å². The van der Waals surface area contributed by atoms with E-state index in [9.17, 15) is 18.0 Å². The van der Waals surface area contributed by atoms with Crippen LogP contribution in [0.1, 0.15) is 58.8 Å². The zero-order valence-corrected chi connectivity index (χ0v) is 16.7. The molecule has 2 heterocycles. The van der Waals surface area contributed by atoms with Crippen LogP contribution in [0.25, 0.3) is 0 Å². The van der Waals surface area contributed by atoms with E-state index in [2.05, 4.69) is 18.8 Å². The Kier molecular flexibility index (Phi) is 6.12. The van der Waals surface area contributed by atoms with Crippen LogP contribution in [0.3, 0.4) is 0 Å². The molecular weight excluding hydrogens is 357 g/mol. The molecule has 0 N–H and O–H groups in total. The van der Waals surface area contributed by atoms with Gasteiger partial charge in [-0.1, -0.05) is 19.9 Å². The smallest absolute Gasteiger partial charge is 0.433 e. The van der Waals surface area contributed by atoms with Crippen molar-refractivity contribution < 1.29 is 22.7 Å². The summed E-state index contributed by atoms with van der Waals surface area (Å²) < 4.78 is 44.0. The van der Waals surface area contributed by atoms with Crippen molar-refractivity contribution in [3.05, 3.63) is 29.6 Å². The number of piperidine rings is 1. The number of carbonyl (C=O) groups excluding carboxylic acids is 1. The zero-order valence-electron chi connectivity index (χ0n) is 16.7. The number of amides is 1. The summed E-state index contributed by atoms with van der Waals surface area (Å²) in [5.74, 6) is 0.299. The lowest BCUT2D eigenvalue weighted by Crippen LogP contribution is -2.44. The molecule has 0 radical (unpaired) electrons. The number of likely N-dealkylation sites (tertiary alicyclic amines) is 1. The SMILES string of the molecule is CC(C)(C)OC(=O)N1CCC(C(C)(C)Cc2cccc(C(F)(F)F)n2)CC1. The van der Waals surface area contributed by atoms with E-state index in [1.165, 1.54) is 6.07 Å². The lowest BCUT2D eigenvalue weighted by atomic mass is 9.71. The van der Waals surface area contributed by atoms with E-state index in [0.717, 1.165) is 18.9 Å². The third kappa shape index (κ3) is 6.11. The maximum Gasteiger partial charge on any atom is 0.433 e. The van der Waals surface area contributed by atoms with Crippen LogP contribution < -0.4 is 0 Å². The van der Waals surface area contributed by atoms with Gasteiger partial charge >= 0.3 is 12.3 Å². The summed E-state index contributed by atoms with van der Waals surface area (Å²) >= 11 is 0. The fourth-order valence-electron chi connectivity index (χ4n) is 3.52. The second-order valence-electron chi connectivity index (χ2n) is 8.92. The molecule has 0 bridgehead atoms. The number of pyridine rings is 1. The topological polar surface area (TPSA) is 42.4 Å². The van der Waals surface area contributed by atoms with Crippen LogP contribution in [0.5, 0.6) is 0 Å². The lowest BCUT2D eigenvalue weighted by Gasteiger charge is -2.41. The quantitative estimate of drug-likeness (QED) is 0.706. The van der Waals surface area contributed by atoms with E-state index >= 15 is 0 Å². The Hall–Kier alpha value is -1.79. The van der Waals surface area contributed by atoms with Crippen LogP contribution in [-0.2, 0) is 17.3 Å². The molecule has 0 spiro atoms. The molecular formula is C20H29F3N2O2. The number of aromatic nitrogens is 1. The number of carbonyl (C=O) groups is 1. The molecule has 4 nitrogen and oxygen atoms in total. The van der Waals surface area contributed by atoms with E-state index < -0.39 is 17.5 Å². The number of nitrogens with zero attached hydrogens (tertiary/aromatic N) is 2. The molecule has 27 heavy (non-hydrogen) atoms. The molecule has 0 unspecified atom stereocenters. The fourth-order valence-corrected chi connectivity index (χ4v) is 3.52. The van der Waals surface area contributed by atoms with Gasteiger partial charge in [0, 0.05) is 18.8 Å². The average molecular weight is 386 g/mol. The summed E-state index contributed by atoms with van der Waals surface area (Å²) in [6, 6.07) is 4.05. The molecule has 1 aliphatic heterocycles. The first kappa shape index (κ1) is 21.5. The van der Waals surface area contributed by atoms with Crippen LogP contribution >= 0.6 is 0 Å². The van der Waals surface area contributed by atoms with Crippen LogP contribution in [0.4, 0.5) is 18.0 Å². The Balaban J connectivity index is 1.98. The van der Waals surface area contributed by atoms with Gasteiger partial charge in [-0.2, -0.15) is 13.2 Å². The summed E-state index contributed by atoms with van der Waals surface area (Å²) in [6.07, 6.45) is -2.68. The van der Waals surface area contributed by atoms with Gasteiger partial charge in [-0.3, -0.25) is 0 Å². The van der Waals surface area contributed by atoms with E-state index in [1.807, 2.05) is 20.8 Å². The predicted molar refractivity (Wildman–Crippen MR) is 97.3 cm³/mol. The molecule has 1 aliphatic rings. The Labute approximate surface area is 159 Å². The molecule has 1 fully saturated rings. The van der Waals surface area contributed by atoms with Crippen molar-refractivity contribution in [1.29, 1.82) is 0 Å². The number of hydrogen-bond donors (Lipinski definition) is 0. The van der Waals surface area contributed by atoms with Gasteiger partial charge in [0.25, 0.3) is 0 Å². The van der Waals surface area contributed by atoms with Crippen molar-refractivity contribution in [2.45, 2.75) is 65.7 Å². The van der Waals surface area contributed by atoms with Crippen LogP contribution in [-0.4, -0.2) is 34.7 Å². The monoisotopic (exact) mass is 386 g/mol. The summed E-state index contributed by atoms with van der Waals surface area (Å²) in [6.45, 7) is 10.8. The van der Waals surface area contributed by atoms with Gasteiger partial charge in [0.2, 0.25) is 0 Å². The molecule has 0 aliphatic carbocycles. The van der Waals surface area contributed by atoms with Gasteiger partial charge in [-0.25, -0.2) is 9.78 Å². The fraction of sp³-hybridized carbons (Fsp3) is 0.700. The van der Waals surface area contributed by atoms with E-state index in [0.29, 0.717) is 31.1 Å². The maximum atomic E-state index is 12.9. The molecule has 0 saturated carbocycles. The highest BCUT2D eigenvalue weighted by molar-refractivity contribution is 5.68. The molecule has 2 rings (SSSR count). The van der Waals surface area contributed by atoms with Gasteiger partial charge in [0.05, 0.1) is 0 Å². The zero-order chi connectivity index (χ0) is 20.5. The first-order valence-corrected chi connectivity index (χ1v) is 9.29. The van der Waals surface area contributed by atoms with Gasteiger partial charge < -0.3 is 9.64 Å². The second-order valence-corrected chi connectivity index (χ2v) is 8.92. The van der Waals surface area contributed by atoms with E-state index in [1.54, 1.807) is 11.0 Å². The number of halogens is 3. The normalized spacial score (nSPS) is 17.1. The number of ether oxygens (including phenoxy) is 1. The van der Waals surface area contributed by atoms with E-state index in [-0.39, 0.29) is 11.5 Å². The van der Waals surface area contributed by atoms with Crippen molar-refractivity contribution in [1.82, 2.24) is 9.88 Å². The van der Waals surface area contributed by atoms with Gasteiger partial charge in [-0.15, -0.1) is 0 Å². The van der Waals surface area contributed by atoms with Crippen molar-refractivity contribution in [2.24, 2.45) is 11.3 Å². The standard InChI is InChI=1S/C20H29F3N2O2/c1-18(2,3)27-17(26)25-11-9-14(10-12-25)19(4,5)13-15-7-6-8-16(24-15)20(21,22)23/h6-8,14H,9-13H2,1-5H3. The average Bonchev–Trinajstić information content (AvgIpc) is 2.52. The third-order valence-electron chi connectivity index (χ3n) is 4.99. The molecule has 1 aromatic heterocycles. The first-order chi connectivity index (χ1) is 12.3. The van der Waals surface area contributed by atoms with Gasteiger partial charge in [0.15, 0.2) is 0 Å². The number of alkyl halides is 3. The Bertz CT molecular complexity index is 658.